The summed E-state index contributed by atoms with van der Waals surface area (Å²) in [4.78, 5) is 8.67. The van der Waals surface area contributed by atoms with Crippen molar-refractivity contribution in [1.29, 1.82) is 0 Å². The number of H-pyrrole nitrogens is 1. The Bertz CT molecular complexity index is 1160. The Morgan fingerprint density at radius 1 is 0.893 bits per heavy atom. The number of fused-ring (bicyclic) bond motifs is 1. The number of rotatable bonds is 3. The molecule has 142 valence electrons. The van der Waals surface area contributed by atoms with Gasteiger partial charge in [-0.1, -0.05) is 30.3 Å². The second-order valence-corrected chi connectivity index (χ2v) is 6.39. The largest absolute Gasteiger partial charge is 0.417 e. The van der Waals surface area contributed by atoms with Crippen LogP contribution in [0, 0.1) is 13.8 Å². The number of nitrogens with one attached hydrogen (secondary N) is 2. The van der Waals surface area contributed by atoms with E-state index in [1.807, 2.05) is 31.2 Å². The van der Waals surface area contributed by atoms with E-state index >= 15 is 0 Å². The van der Waals surface area contributed by atoms with Crippen LogP contribution in [-0.4, -0.2) is 20.2 Å². The maximum atomic E-state index is 13.4. The van der Waals surface area contributed by atoms with Crippen LogP contribution in [0.3, 0.4) is 0 Å². The number of aromatic amines is 1. The van der Waals surface area contributed by atoms with Crippen molar-refractivity contribution in [1.82, 2.24) is 20.2 Å². The molecule has 2 N–H and O–H groups in total. The average molecular weight is 383 g/mol. The number of aryl methyl sites for hydroxylation is 1. The van der Waals surface area contributed by atoms with Gasteiger partial charge >= 0.3 is 6.18 Å². The van der Waals surface area contributed by atoms with Crippen LogP contribution in [-0.2, 0) is 6.18 Å². The van der Waals surface area contributed by atoms with Crippen molar-refractivity contribution in [2.45, 2.75) is 20.0 Å². The van der Waals surface area contributed by atoms with E-state index in [1.165, 1.54) is 18.2 Å². The Morgan fingerprint density at radius 2 is 1.61 bits per heavy atom. The van der Waals surface area contributed by atoms with Crippen LogP contribution >= 0.6 is 0 Å². The first-order valence-corrected chi connectivity index (χ1v) is 8.56. The zero-order valence-corrected chi connectivity index (χ0v) is 15.1. The smallest absolute Gasteiger partial charge is 0.323 e. The van der Waals surface area contributed by atoms with Gasteiger partial charge in [0.25, 0.3) is 0 Å². The van der Waals surface area contributed by atoms with Gasteiger partial charge in [0.05, 0.1) is 11.1 Å². The number of halogens is 3. The van der Waals surface area contributed by atoms with Crippen molar-refractivity contribution >= 4 is 22.5 Å². The van der Waals surface area contributed by atoms with Gasteiger partial charge in [-0.15, -0.1) is 0 Å². The maximum Gasteiger partial charge on any atom is 0.417 e. The van der Waals surface area contributed by atoms with E-state index in [0.717, 1.165) is 22.5 Å². The van der Waals surface area contributed by atoms with Gasteiger partial charge in [0.2, 0.25) is 0 Å². The lowest BCUT2D eigenvalue weighted by Crippen LogP contribution is -2.09. The number of hydrogen-bond acceptors (Lipinski definition) is 4. The van der Waals surface area contributed by atoms with E-state index in [-0.39, 0.29) is 11.4 Å². The van der Waals surface area contributed by atoms with E-state index in [2.05, 4.69) is 25.5 Å². The van der Waals surface area contributed by atoms with E-state index in [9.17, 15) is 13.2 Å². The Morgan fingerprint density at radius 3 is 2.39 bits per heavy atom. The number of aromatic nitrogens is 4. The highest BCUT2D eigenvalue weighted by Gasteiger charge is 2.34. The molecule has 8 heteroatoms. The van der Waals surface area contributed by atoms with Crippen LogP contribution in [0.5, 0.6) is 0 Å². The average Bonchev–Trinajstić information content (AvgIpc) is 3.07. The summed E-state index contributed by atoms with van der Waals surface area (Å²) >= 11 is 0. The zero-order chi connectivity index (χ0) is 19.9. The van der Waals surface area contributed by atoms with Gasteiger partial charge in [0, 0.05) is 22.2 Å². The quantitative estimate of drug-likeness (QED) is 0.497. The molecule has 0 saturated carbocycles. The third kappa shape index (κ3) is 3.17. The number of benzene rings is 2. The standard InChI is InChI=1S/C20H16F3N5/c1-11-12(2)24-18(13-7-3-5-9-15(13)20(21,22)23)25-17(11)26-19-14-8-4-6-10-16(14)27-28-19/h3-10H,1-2H3,(H2,24,25,26,27,28). The maximum absolute atomic E-state index is 13.4. The van der Waals surface area contributed by atoms with E-state index < -0.39 is 11.7 Å². The van der Waals surface area contributed by atoms with E-state index in [0.29, 0.717) is 17.3 Å². The Kier molecular flexibility index (Phi) is 4.26. The summed E-state index contributed by atoms with van der Waals surface area (Å²) in [7, 11) is 0. The van der Waals surface area contributed by atoms with Gasteiger partial charge in [-0.25, -0.2) is 9.97 Å². The van der Waals surface area contributed by atoms with Crippen molar-refractivity contribution in [2.24, 2.45) is 0 Å². The minimum Gasteiger partial charge on any atom is -0.323 e. The molecule has 2 heterocycles. The van der Waals surface area contributed by atoms with Crippen molar-refractivity contribution in [3.05, 3.63) is 65.4 Å². The van der Waals surface area contributed by atoms with Gasteiger partial charge in [-0.05, 0) is 32.0 Å². The Labute approximate surface area is 158 Å². The summed E-state index contributed by atoms with van der Waals surface area (Å²) < 4.78 is 40.2. The minimum atomic E-state index is -4.50. The molecule has 0 saturated heterocycles. The predicted molar refractivity (Wildman–Crippen MR) is 101 cm³/mol. The van der Waals surface area contributed by atoms with Crippen LogP contribution in [0.15, 0.2) is 48.5 Å². The molecule has 0 atom stereocenters. The zero-order valence-electron chi connectivity index (χ0n) is 15.1. The molecule has 0 bridgehead atoms. The van der Waals surface area contributed by atoms with Crippen LogP contribution in [0.1, 0.15) is 16.8 Å². The summed E-state index contributed by atoms with van der Waals surface area (Å²) in [6.07, 6.45) is -4.50. The lowest BCUT2D eigenvalue weighted by Gasteiger charge is -2.15. The summed E-state index contributed by atoms with van der Waals surface area (Å²) in [6.45, 7) is 3.55. The van der Waals surface area contributed by atoms with Crippen LogP contribution in [0.25, 0.3) is 22.3 Å². The highest BCUT2D eigenvalue weighted by atomic mass is 19.4. The van der Waals surface area contributed by atoms with Crippen molar-refractivity contribution in [3.8, 4) is 11.4 Å². The normalized spacial score (nSPS) is 11.8. The lowest BCUT2D eigenvalue weighted by atomic mass is 10.1. The topological polar surface area (TPSA) is 66.5 Å². The van der Waals surface area contributed by atoms with Crippen molar-refractivity contribution in [2.75, 3.05) is 5.32 Å². The Hall–Kier alpha value is -3.42. The first-order valence-electron chi connectivity index (χ1n) is 8.56. The molecule has 0 amide bonds. The van der Waals surface area contributed by atoms with Gasteiger partial charge < -0.3 is 5.32 Å². The third-order valence-corrected chi connectivity index (χ3v) is 4.57. The molecule has 28 heavy (non-hydrogen) atoms. The molecule has 0 spiro atoms. The molecule has 0 unspecified atom stereocenters. The minimum absolute atomic E-state index is 0.0124. The molecule has 0 fully saturated rings. The van der Waals surface area contributed by atoms with Crippen LogP contribution in [0.2, 0.25) is 0 Å². The first kappa shape index (κ1) is 18.0. The molecule has 4 aromatic rings. The third-order valence-electron chi connectivity index (χ3n) is 4.57. The molecule has 0 aliphatic heterocycles. The molecule has 2 aromatic heterocycles. The molecular formula is C20H16F3N5. The molecule has 2 aromatic carbocycles. The number of hydrogen-bond donors (Lipinski definition) is 2. The lowest BCUT2D eigenvalue weighted by molar-refractivity contribution is -0.137. The highest BCUT2D eigenvalue weighted by molar-refractivity contribution is 5.91. The molecule has 0 radical (unpaired) electrons. The van der Waals surface area contributed by atoms with Crippen LogP contribution in [0.4, 0.5) is 24.8 Å². The number of anilines is 2. The second-order valence-electron chi connectivity index (χ2n) is 6.39. The summed E-state index contributed by atoms with van der Waals surface area (Å²) in [5.41, 5.74) is 1.34. The van der Waals surface area contributed by atoms with Crippen LogP contribution < -0.4 is 5.32 Å². The molecular weight excluding hydrogens is 367 g/mol. The first-order chi connectivity index (χ1) is 13.3. The molecule has 5 nitrogen and oxygen atoms in total. The fourth-order valence-corrected chi connectivity index (χ4v) is 2.97. The fraction of sp³-hybridized carbons (Fsp3) is 0.150. The Balaban J connectivity index is 1.82. The fourth-order valence-electron chi connectivity index (χ4n) is 2.97. The highest BCUT2D eigenvalue weighted by Crippen LogP contribution is 2.36. The van der Waals surface area contributed by atoms with Gasteiger partial charge in [-0.3, -0.25) is 5.10 Å². The summed E-state index contributed by atoms with van der Waals surface area (Å²) in [6, 6.07) is 12.8. The summed E-state index contributed by atoms with van der Waals surface area (Å²) in [5.74, 6) is 0.974. The van der Waals surface area contributed by atoms with Gasteiger partial charge in [-0.2, -0.15) is 18.3 Å². The SMILES string of the molecule is Cc1nc(-c2ccccc2C(F)(F)F)nc(Nc2n[nH]c3ccccc23)c1C. The number of alkyl halides is 3. The summed E-state index contributed by atoms with van der Waals surface area (Å²) in [5, 5.41) is 11.1. The monoisotopic (exact) mass is 383 g/mol. The van der Waals surface area contributed by atoms with Gasteiger partial charge in [0.15, 0.2) is 11.6 Å². The number of para-hydroxylation sites is 1. The van der Waals surface area contributed by atoms with Gasteiger partial charge in [0.1, 0.15) is 5.82 Å². The van der Waals surface area contributed by atoms with Crippen molar-refractivity contribution in [3.63, 3.8) is 0 Å². The predicted octanol–water partition coefficient (Wildman–Crippen LogP) is 5.40. The second kappa shape index (κ2) is 6.63. The van der Waals surface area contributed by atoms with E-state index in [4.69, 9.17) is 0 Å². The van der Waals surface area contributed by atoms with E-state index in [1.54, 1.807) is 6.92 Å². The molecule has 0 aliphatic rings. The molecule has 4 rings (SSSR count). The molecule has 0 aliphatic carbocycles. The number of nitrogens with zero attached hydrogens (tertiary/aromatic N) is 3. The van der Waals surface area contributed by atoms with Crippen molar-refractivity contribution < 1.29 is 13.2 Å².